The van der Waals surface area contributed by atoms with Crippen LogP contribution in [0.4, 0.5) is 5.69 Å². The van der Waals surface area contributed by atoms with Crippen molar-refractivity contribution in [2.24, 2.45) is 0 Å². The van der Waals surface area contributed by atoms with E-state index in [1.54, 1.807) is 18.2 Å². The maximum absolute atomic E-state index is 12.3. The zero-order valence-electron chi connectivity index (χ0n) is 15.0. The van der Waals surface area contributed by atoms with Gasteiger partial charge in [-0.05, 0) is 18.2 Å². The standard InChI is InChI=1S/C18H15N5O6/c24-15(20-7-8-21-16(25)14-3-1-2-6-19-14)10-22-17(26)12-5-4-11(23(28)29)9-13(12)18(22)27/h1-6,9H,7-8,10H2,(H,20,24)(H,21,25). The largest absolute Gasteiger partial charge is 0.353 e. The van der Waals surface area contributed by atoms with Crippen LogP contribution in [0.1, 0.15) is 31.2 Å². The molecule has 1 aliphatic heterocycles. The highest BCUT2D eigenvalue weighted by atomic mass is 16.6. The second-order valence-corrected chi connectivity index (χ2v) is 6.00. The van der Waals surface area contributed by atoms with Crippen molar-refractivity contribution in [3.63, 3.8) is 0 Å². The minimum absolute atomic E-state index is 0.0102. The van der Waals surface area contributed by atoms with E-state index in [1.807, 2.05) is 0 Å². The second kappa shape index (κ2) is 8.25. The predicted molar refractivity (Wildman–Crippen MR) is 98.0 cm³/mol. The third-order valence-corrected chi connectivity index (χ3v) is 4.10. The fraction of sp³-hybridized carbons (Fsp3) is 0.167. The summed E-state index contributed by atoms with van der Waals surface area (Å²) in [4.78, 5) is 63.3. The van der Waals surface area contributed by atoms with Crippen molar-refractivity contribution in [2.45, 2.75) is 0 Å². The Morgan fingerprint density at radius 1 is 1.03 bits per heavy atom. The van der Waals surface area contributed by atoms with Gasteiger partial charge in [0.15, 0.2) is 0 Å². The van der Waals surface area contributed by atoms with Crippen molar-refractivity contribution < 1.29 is 24.1 Å². The molecule has 0 radical (unpaired) electrons. The van der Waals surface area contributed by atoms with Crippen LogP contribution in [-0.2, 0) is 4.79 Å². The van der Waals surface area contributed by atoms with Gasteiger partial charge in [0.2, 0.25) is 5.91 Å². The van der Waals surface area contributed by atoms with E-state index < -0.39 is 35.1 Å². The van der Waals surface area contributed by atoms with Gasteiger partial charge in [-0.1, -0.05) is 6.07 Å². The Labute approximate surface area is 163 Å². The van der Waals surface area contributed by atoms with E-state index in [0.29, 0.717) is 0 Å². The van der Waals surface area contributed by atoms with Crippen LogP contribution < -0.4 is 10.6 Å². The van der Waals surface area contributed by atoms with Gasteiger partial charge < -0.3 is 10.6 Å². The highest BCUT2D eigenvalue weighted by Gasteiger charge is 2.37. The van der Waals surface area contributed by atoms with Gasteiger partial charge in [-0.15, -0.1) is 0 Å². The van der Waals surface area contributed by atoms with E-state index in [0.717, 1.165) is 17.0 Å². The summed E-state index contributed by atoms with van der Waals surface area (Å²) >= 11 is 0. The lowest BCUT2D eigenvalue weighted by Gasteiger charge is -2.13. The fourth-order valence-electron chi connectivity index (χ4n) is 2.70. The molecule has 1 aromatic heterocycles. The molecule has 0 fully saturated rings. The molecule has 1 aliphatic rings. The van der Waals surface area contributed by atoms with Gasteiger partial charge in [-0.2, -0.15) is 0 Å². The number of imide groups is 1. The Hall–Kier alpha value is -4.15. The third kappa shape index (κ3) is 4.24. The van der Waals surface area contributed by atoms with Crippen LogP contribution in [0.3, 0.4) is 0 Å². The molecule has 0 saturated carbocycles. The molecule has 0 spiro atoms. The summed E-state index contributed by atoms with van der Waals surface area (Å²) < 4.78 is 0. The zero-order valence-corrected chi connectivity index (χ0v) is 15.0. The Morgan fingerprint density at radius 3 is 2.45 bits per heavy atom. The number of nitrogens with zero attached hydrogens (tertiary/aromatic N) is 3. The number of carbonyl (C=O) groups excluding carboxylic acids is 4. The number of hydrogen-bond acceptors (Lipinski definition) is 7. The molecule has 2 N–H and O–H groups in total. The van der Waals surface area contributed by atoms with Gasteiger partial charge in [0, 0.05) is 31.4 Å². The number of nitrogens with one attached hydrogen (secondary N) is 2. The number of rotatable bonds is 7. The summed E-state index contributed by atoms with van der Waals surface area (Å²) in [6.45, 7) is -0.337. The summed E-state index contributed by atoms with van der Waals surface area (Å²) in [5.41, 5.74) is -0.186. The maximum Gasteiger partial charge on any atom is 0.270 e. The van der Waals surface area contributed by atoms with Crippen LogP contribution >= 0.6 is 0 Å². The number of carbonyl (C=O) groups is 4. The van der Waals surface area contributed by atoms with E-state index in [-0.39, 0.29) is 35.6 Å². The Balaban J connectivity index is 1.50. The van der Waals surface area contributed by atoms with E-state index in [4.69, 9.17) is 0 Å². The van der Waals surface area contributed by atoms with E-state index in [1.165, 1.54) is 12.3 Å². The lowest BCUT2D eigenvalue weighted by molar-refractivity contribution is -0.384. The lowest BCUT2D eigenvalue weighted by atomic mass is 10.1. The summed E-state index contributed by atoms with van der Waals surface area (Å²) in [5, 5.41) is 15.9. The fourth-order valence-corrected chi connectivity index (χ4v) is 2.70. The first-order chi connectivity index (χ1) is 13.9. The molecule has 29 heavy (non-hydrogen) atoms. The normalized spacial score (nSPS) is 12.5. The maximum atomic E-state index is 12.3. The average molecular weight is 397 g/mol. The van der Waals surface area contributed by atoms with Crippen molar-refractivity contribution in [3.05, 3.63) is 69.5 Å². The number of benzene rings is 1. The van der Waals surface area contributed by atoms with E-state index in [9.17, 15) is 29.3 Å². The molecule has 4 amide bonds. The van der Waals surface area contributed by atoms with Crippen LogP contribution in [0.15, 0.2) is 42.6 Å². The molecule has 3 rings (SSSR count). The van der Waals surface area contributed by atoms with Gasteiger partial charge in [-0.25, -0.2) is 0 Å². The predicted octanol–water partition coefficient (Wildman–Crippen LogP) is 0.132. The van der Waals surface area contributed by atoms with E-state index in [2.05, 4.69) is 15.6 Å². The van der Waals surface area contributed by atoms with Crippen LogP contribution in [-0.4, -0.2) is 58.1 Å². The monoisotopic (exact) mass is 397 g/mol. The summed E-state index contributed by atoms with van der Waals surface area (Å²) in [5.74, 6) is -2.48. The van der Waals surface area contributed by atoms with Crippen molar-refractivity contribution >= 4 is 29.3 Å². The molecular weight excluding hydrogens is 382 g/mol. The summed E-state index contributed by atoms with van der Waals surface area (Å²) in [7, 11) is 0. The summed E-state index contributed by atoms with van der Waals surface area (Å²) in [6, 6.07) is 8.21. The van der Waals surface area contributed by atoms with Crippen LogP contribution in [0.25, 0.3) is 0 Å². The Kier molecular flexibility index (Phi) is 5.58. The quantitative estimate of drug-likeness (QED) is 0.292. The number of amides is 4. The molecular formula is C18H15N5O6. The van der Waals surface area contributed by atoms with Crippen molar-refractivity contribution in [1.82, 2.24) is 20.5 Å². The molecule has 11 nitrogen and oxygen atoms in total. The number of hydrogen-bond donors (Lipinski definition) is 2. The van der Waals surface area contributed by atoms with Gasteiger partial charge in [-0.3, -0.25) is 39.2 Å². The van der Waals surface area contributed by atoms with Crippen LogP contribution in [0, 0.1) is 10.1 Å². The molecule has 148 valence electrons. The lowest BCUT2D eigenvalue weighted by Crippen LogP contribution is -2.42. The van der Waals surface area contributed by atoms with Crippen molar-refractivity contribution in [1.29, 1.82) is 0 Å². The van der Waals surface area contributed by atoms with Gasteiger partial charge in [0.05, 0.1) is 16.1 Å². The molecule has 0 unspecified atom stereocenters. The van der Waals surface area contributed by atoms with E-state index >= 15 is 0 Å². The molecule has 11 heteroatoms. The molecule has 1 aromatic carbocycles. The molecule has 0 atom stereocenters. The van der Waals surface area contributed by atoms with Crippen molar-refractivity contribution in [3.8, 4) is 0 Å². The molecule has 2 aromatic rings. The van der Waals surface area contributed by atoms with Crippen molar-refractivity contribution in [2.75, 3.05) is 19.6 Å². The molecule has 0 bridgehead atoms. The number of aromatic nitrogens is 1. The number of fused-ring (bicyclic) bond motifs is 1. The SMILES string of the molecule is O=C(CN1C(=O)c2ccc([N+](=O)[O-])cc2C1=O)NCCNC(=O)c1ccccn1. The molecule has 0 saturated heterocycles. The first-order valence-corrected chi connectivity index (χ1v) is 8.49. The van der Waals surface area contributed by atoms with Crippen LogP contribution in [0.5, 0.6) is 0 Å². The molecule has 2 heterocycles. The first kappa shape index (κ1) is 19.6. The average Bonchev–Trinajstić information content (AvgIpc) is 2.96. The van der Waals surface area contributed by atoms with Gasteiger partial charge >= 0.3 is 0 Å². The summed E-state index contributed by atoms with van der Waals surface area (Å²) in [6.07, 6.45) is 1.48. The number of pyridine rings is 1. The van der Waals surface area contributed by atoms with Gasteiger partial charge in [0.1, 0.15) is 12.2 Å². The minimum atomic E-state index is -0.771. The minimum Gasteiger partial charge on any atom is -0.353 e. The van der Waals surface area contributed by atoms with Crippen LogP contribution in [0.2, 0.25) is 0 Å². The zero-order chi connectivity index (χ0) is 21.0. The second-order valence-electron chi connectivity index (χ2n) is 6.00. The highest BCUT2D eigenvalue weighted by molar-refractivity contribution is 6.22. The highest BCUT2D eigenvalue weighted by Crippen LogP contribution is 2.26. The Bertz CT molecular complexity index is 1010. The first-order valence-electron chi connectivity index (χ1n) is 8.49. The smallest absolute Gasteiger partial charge is 0.270 e. The number of non-ortho nitro benzene ring substituents is 1. The molecule has 0 aliphatic carbocycles. The number of nitro benzene ring substituents is 1. The van der Waals surface area contributed by atoms with Gasteiger partial charge in [0.25, 0.3) is 23.4 Å². The number of nitro groups is 1. The Morgan fingerprint density at radius 2 is 1.76 bits per heavy atom. The topological polar surface area (TPSA) is 152 Å². The third-order valence-electron chi connectivity index (χ3n) is 4.10.